The second-order valence-corrected chi connectivity index (χ2v) is 12.3. The van der Waals surface area contributed by atoms with Crippen LogP contribution in [0.15, 0.2) is 66.7 Å². The van der Waals surface area contributed by atoms with Gasteiger partial charge >= 0.3 is 5.97 Å². The summed E-state index contributed by atoms with van der Waals surface area (Å²) in [4.78, 5) is 15.5. The van der Waals surface area contributed by atoms with Gasteiger partial charge in [-0.05, 0) is 65.9 Å². The maximum absolute atomic E-state index is 13.4. The Morgan fingerprint density at radius 3 is 2.18 bits per heavy atom. The van der Waals surface area contributed by atoms with E-state index < -0.39 is 11.6 Å². The number of anilines is 2. The number of benzene rings is 4. The molecular weight excluding hydrogens is 695 g/mol. The highest BCUT2D eigenvalue weighted by molar-refractivity contribution is 14.1. The predicted octanol–water partition coefficient (Wildman–Crippen LogP) is 9.80. The predicted molar refractivity (Wildman–Crippen MR) is 163 cm³/mol. The first-order valence-corrected chi connectivity index (χ1v) is 14.6. The average molecular weight is 713 g/mol. The Morgan fingerprint density at radius 2 is 1.49 bits per heavy atom. The lowest BCUT2D eigenvalue weighted by atomic mass is 9.77. The molecule has 0 amide bonds. The van der Waals surface area contributed by atoms with Crippen LogP contribution in [-0.2, 0) is 10.3 Å². The lowest BCUT2D eigenvalue weighted by Gasteiger charge is -2.37. The summed E-state index contributed by atoms with van der Waals surface area (Å²) >= 11 is 28.4. The fourth-order valence-electron chi connectivity index (χ4n) is 5.07. The first kappa shape index (κ1) is 26.8. The summed E-state index contributed by atoms with van der Waals surface area (Å²) in [6.45, 7) is 1.92. The lowest BCUT2D eigenvalue weighted by Crippen LogP contribution is -2.33. The molecule has 39 heavy (non-hydrogen) atoms. The second-order valence-electron chi connectivity index (χ2n) is 9.07. The Balaban J connectivity index is 1.63. The van der Waals surface area contributed by atoms with E-state index in [1.54, 1.807) is 18.2 Å². The molecule has 2 heterocycles. The van der Waals surface area contributed by atoms with Crippen LogP contribution in [0.3, 0.4) is 0 Å². The molecular formula is C29H18Cl4INO4. The van der Waals surface area contributed by atoms with Crippen molar-refractivity contribution in [2.45, 2.75) is 16.6 Å². The summed E-state index contributed by atoms with van der Waals surface area (Å²) in [5.74, 6) is 0.840. The van der Waals surface area contributed by atoms with Crippen LogP contribution in [0, 0.1) is 0 Å². The molecule has 4 aromatic rings. The summed E-state index contributed by atoms with van der Waals surface area (Å²) in [6.07, 6.45) is 0. The number of carbonyl (C=O) groups excluding carboxylic acids is 1. The molecule has 1 unspecified atom stereocenters. The van der Waals surface area contributed by atoms with E-state index in [-0.39, 0.29) is 29.8 Å². The van der Waals surface area contributed by atoms with Crippen molar-refractivity contribution in [2.24, 2.45) is 0 Å². The summed E-state index contributed by atoms with van der Waals surface area (Å²) < 4.78 is 18.5. The van der Waals surface area contributed by atoms with Gasteiger partial charge in [-0.2, -0.15) is 0 Å². The number of hydrogen-bond donors (Lipinski definition) is 0. The van der Waals surface area contributed by atoms with E-state index >= 15 is 0 Å². The quantitative estimate of drug-likeness (QED) is 0.0694. The van der Waals surface area contributed by atoms with Gasteiger partial charge in [0.15, 0.2) is 5.60 Å². The topological polar surface area (TPSA) is 48.0 Å². The van der Waals surface area contributed by atoms with E-state index in [4.69, 9.17) is 60.6 Å². The minimum Gasteiger partial charge on any atom is -0.480 e. The summed E-state index contributed by atoms with van der Waals surface area (Å²) in [6, 6.07) is 20.9. The van der Waals surface area contributed by atoms with Gasteiger partial charge in [0.1, 0.15) is 21.4 Å². The molecule has 0 radical (unpaired) electrons. The lowest BCUT2D eigenvalue weighted by molar-refractivity contribution is 0.0224. The Morgan fingerprint density at radius 1 is 0.846 bits per heavy atom. The maximum atomic E-state index is 13.4. The number of carbonyl (C=O) groups is 1. The third kappa shape index (κ3) is 4.15. The minimum absolute atomic E-state index is 0.0109. The highest BCUT2D eigenvalue weighted by atomic mass is 127. The zero-order valence-electron chi connectivity index (χ0n) is 20.4. The molecule has 0 aromatic heterocycles. The molecule has 4 aromatic carbocycles. The number of esters is 1. The number of ether oxygens (including phenoxy) is 3. The normalized spacial score (nSPS) is 17.6. The number of para-hydroxylation sites is 1. The van der Waals surface area contributed by atoms with Crippen molar-refractivity contribution in [1.29, 1.82) is 0 Å². The molecule has 0 aliphatic carbocycles. The smallest absolute Gasteiger partial charge is 0.341 e. The van der Waals surface area contributed by atoms with Crippen LogP contribution in [0.4, 0.5) is 11.4 Å². The van der Waals surface area contributed by atoms with E-state index in [1.165, 1.54) is 0 Å². The van der Waals surface area contributed by atoms with Crippen LogP contribution in [0.2, 0.25) is 20.1 Å². The fourth-order valence-corrected chi connectivity index (χ4v) is 6.43. The van der Waals surface area contributed by atoms with Crippen molar-refractivity contribution >= 4 is 86.3 Å². The van der Waals surface area contributed by atoms with Gasteiger partial charge in [-0.1, -0.05) is 64.6 Å². The second kappa shape index (κ2) is 9.93. The van der Waals surface area contributed by atoms with Gasteiger partial charge in [0.05, 0.1) is 25.7 Å². The summed E-state index contributed by atoms with van der Waals surface area (Å²) in [5.41, 5.74) is 1.87. The van der Waals surface area contributed by atoms with Gasteiger partial charge in [-0.15, -0.1) is 0 Å². The third-order valence-electron chi connectivity index (χ3n) is 6.80. The fraction of sp³-hybridized carbons (Fsp3) is 0.138. The van der Waals surface area contributed by atoms with Gasteiger partial charge in [0.2, 0.25) is 0 Å². The van der Waals surface area contributed by atoms with Crippen LogP contribution >= 0.6 is 69.0 Å². The Hall–Kier alpha value is -2.36. The number of fused-ring (bicyclic) bond motifs is 6. The molecule has 0 fully saturated rings. The van der Waals surface area contributed by atoms with Gasteiger partial charge < -0.3 is 19.1 Å². The summed E-state index contributed by atoms with van der Waals surface area (Å²) in [7, 11) is 1.96. The van der Waals surface area contributed by atoms with Crippen molar-refractivity contribution in [1.82, 2.24) is 0 Å². The first-order chi connectivity index (χ1) is 18.6. The first-order valence-electron chi connectivity index (χ1n) is 11.8. The number of nitrogens with zero attached hydrogens (tertiary/aromatic N) is 1. The molecule has 6 rings (SSSR count). The largest absolute Gasteiger partial charge is 0.480 e. The highest BCUT2D eigenvalue weighted by Gasteiger charge is 2.56. The number of halogens is 5. The number of rotatable bonds is 4. The van der Waals surface area contributed by atoms with Crippen molar-refractivity contribution in [2.75, 3.05) is 11.9 Å². The van der Waals surface area contributed by atoms with Crippen LogP contribution in [0.25, 0.3) is 0 Å². The van der Waals surface area contributed by atoms with Crippen molar-refractivity contribution in [3.63, 3.8) is 0 Å². The van der Waals surface area contributed by atoms with Crippen LogP contribution in [0.5, 0.6) is 17.2 Å². The Kier molecular flexibility index (Phi) is 6.83. The monoisotopic (exact) mass is 711 g/mol. The molecule has 198 valence electrons. The van der Waals surface area contributed by atoms with E-state index in [0.29, 0.717) is 33.9 Å². The van der Waals surface area contributed by atoms with E-state index in [9.17, 15) is 4.79 Å². The molecule has 0 saturated carbocycles. The van der Waals surface area contributed by atoms with Gasteiger partial charge in [-0.25, -0.2) is 4.79 Å². The zero-order valence-corrected chi connectivity index (χ0v) is 25.6. The molecule has 2 aliphatic heterocycles. The van der Waals surface area contributed by atoms with E-state index in [2.05, 4.69) is 22.6 Å². The Labute approximate surface area is 258 Å². The molecule has 0 N–H and O–H groups in total. The number of hydrogen-bond acceptors (Lipinski definition) is 5. The molecule has 2 aliphatic rings. The molecule has 0 bridgehead atoms. The van der Waals surface area contributed by atoms with Crippen molar-refractivity contribution < 1.29 is 19.0 Å². The molecule has 1 spiro atoms. The molecule has 10 heteroatoms. The van der Waals surface area contributed by atoms with Gasteiger partial charge in [-0.3, -0.25) is 0 Å². The zero-order chi connectivity index (χ0) is 27.6. The van der Waals surface area contributed by atoms with E-state index in [0.717, 1.165) is 11.4 Å². The van der Waals surface area contributed by atoms with Crippen LogP contribution in [-0.4, -0.2) is 17.1 Å². The van der Waals surface area contributed by atoms with Crippen molar-refractivity contribution in [3.8, 4) is 17.2 Å². The van der Waals surface area contributed by atoms with Gasteiger partial charge in [0.25, 0.3) is 0 Å². The molecule has 2 atom stereocenters. The molecule has 0 saturated heterocycles. The van der Waals surface area contributed by atoms with Crippen LogP contribution in [0.1, 0.15) is 34.0 Å². The maximum Gasteiger partial charge on any atom is 0.341 e. The van der Waals surface area contributed by atoms with Crippen LogP contribution < -0.4 is 14.4 Å². The molecule has 5 nitrogen and oxygen atoms in total. The SMILES string of the molecule is C[C@@H](I)Oc1ccc2c(c1)Oc1cc(N(C)c3ccccc3)ccc1C21OC(=O)c2c(Cl)c(Cl)c(Cl)c(Cl)c21. The summed E-state index contributed by atoms with van der Waals surface area (Å²) in [5, 5.41) is 0.0886. The third-order valence-corrected chi connectivity index (χ3v) is 8.85. The standard InChI is InChI=1S/C29H18Cl4INO4/c1-14(34)37-17-9-11-19-21(13-17)38-20-12-16(35(2)15-6-4-3-5-7-15)8-10-18(20)29(19)23-22(28(36)39-29)24(30)26(32)27(33)25(23)31/h3-14H,1-2H3/t14-,29?/m0/s1. The Bertz CT molecular complexity index is 1660. The van der Waals surface area contributed by atoms with Gasteiger partial charge in [0, 0.05) is 47.2 Å². The minimum atomic E-state index is -1.48. The number of alkyl halides is 1. The van der Waals surface area contributed by atoms with Crippen molar-refractivity contribution in [3.05, 3.63) is 109 Å². The van der Waals surface area contributed by atoms with E-state index in [1.807, 2.05) is 67.4 Å². The highest BCUT2D eigenvalue weighted by Crippen LogP contribution is 2.61. The average Bonchev–Trinajstić information content (AvgIpc) is 3.23.